The molecule has 2 N–H and O–H groups in total. The molecule has 0 aliphatic heterocycles. The molecule has 0 aromatic heterocycles. The van der Waals surface area contributed by atoms with Crippen LogP contribution >= 0.6 is 0 Å². The highest BCUT2D eigenvalue weighted by molar-refractivity contribution is 5.70. The fourth-order valence-electron chi connectivity index (χ4n) is 15.4. The fourth-order valence-corrected chi connectivity index (χ4v) is 15.4. The highest BCUT2D eigenvalue weighted by atomic mass is 16.5. The second kappa shape index (κ2) is 71.7. The zero-order valence-corrected chi connectivity index (χ0v) is 62.0. The summed E-state index contributed by atoms with van der Waals surface area (Å²) in [5, 5.41) is 20.6. The van der Waals surface area contributed by atoms with Gasteiger partial charge < -0.3 is 14.9 Å². The zero-order valence-electron chi connectivity index (χ0n) is 62.0. The Hall–Kier alpha value is -0.610. The van der Waals surface area contributed by atoms with Crippen LogP contribution in [0.2, 0.25) is 0 Å². The maximum atomic E-state index is 12.0. The standard InChI is InChI=1S/C85H168O4/c1-5-7-9-11-13-15-17-19-21-23-24-25-26-27-28-32-39-45-51-57-63-69-75-82(85(87)88)83(86)76-70-64-58-52-46-40-33-29-31-37-43-49-55-61-67-73-80-78-81(80)74-68-62-56-50-44-38-34-35-41-47-53-59-65-71-77-84(89-4)79(3)72-66-60-54-48-42-36-30-22-20-18-16-14-12-10-8-6-2/h79-84,86H,5-78H2,1-4H3,(H,87,88)/t79-,80+,81-,82-,83-,84-/m1/s1. The molecule has 6 atom stereocenters. The van der Waals surface area contributed by atoms with E-state index in [1.165, 1.54) is 430 Å². The molecule has 0 heterocycles. The molecule has 0 spiro atoms. The van der Waals surface area contributed by atoms with Gasteiger partial charge in [0.1, 0.15) is 0 Å². The Kier molecular flexibility index (Phi) is 69.6. The van der Waals surface area contributed by atoms with E-state index in [4.69, 9.17) is 4.74 Å². The molecule has 1 aliphatic rings. The number of aliphatic hydroxyl groups excluding tert-OH is 1. The lowest BCUT2D eigenvalue weighted by Gasteiger charge is -2.22. The second-order valence-electron chi connectivity index (χ2n) is 30.7. The number of carbonyl (C=O) groups is 1. The first-order valence-corrected chi connectivity index (χ1v) is 42.4. The van der Waals surface area contributed by atoms with Gasteiger partial charge in [0, 0.05) is 7.11 Å². The Morgan fingerprint density at radius 1 is 0.303 bits per heavy atom. The minimum Gasteiger partial charge on any atom is -0.481 e. The summed E-state index contributed by atoms with van der Waals surface area (Å²) in [6, 6.07) is 0. The maximum absolute atomic E-state index is 12.0. The van der Waals surface area contributed by atoms with Crippen LogP contribution in [-0.4, -0.2) is 35.5 Å². The summed E-state index contributed by atoms with van der Waals surface area (Å²) in [4.78, 5) is 12.0. The van der Waals surface area contributed by atoms with Crippen molar-refractivity contribution in [3.8, 4) is 0 Å². The van der Waals surface area contributed by atoms with Crippen molar-refractivity contribution in [2.75, 3.05) is 7.11 Å². The van der Waals surface area contributed by atoms with Crippen molar-refractivity contribution in [1.82, 2.24) is 0 Å². The van der Waals surface area contributed by atoms with E-state index < -0.39 is 18.0 Å². The Morgan fingerprint density at radius 2 is 0.506 bits per heavy atom. The Labute approximate surface area is 561 Å². The summed E-state index contributed by atoms with van der Waals surface area (Å²) in [7, 11) is 1.96. The maximum Gasteiger partial charge on any atom is 0.309 e. The average Bonchev–Trinajstić information content (AvgIpc) is 4.32. The third-order valence-electron chi connectivity index (χ3n) is 22.1. The molecule has 0 amide bonds. The quantitative estimate of drug-likeness (QED) is 0.0596. The average molecular weight is 1250 g/mol. The molecular weight excluding hydrogens is 1080 g/mol. The first-order valence-electron chi connectivity index (χ1n) is 42.4. The third-order valence-corrected chi connectivity index (χ3v) is 22.1. The summed E-state index contributed by atoms with van der Waals surface area (Å²) in [5.41, 5.74) is 0. The second-order valence-corrected chi connectivity index (χ2v) is 30.7. The smallest absolute Gasteiger partial charge is 0.309 e. The molecule has 0 aromatic carbocycles. The monoisotopic (exact) mass is 1250 g/mol. The summed E-state index contributed by atoms with van der Waals surface area (Å²) >= 11 is 0. The molecule has 1 fully saturated rings. The first-order chi connectivity index (χ1) is 43.9. The molecule has 4 heteroatoms. The number of hydrogen-bond donors (Lipinski definition) is 2. The SMILES string of the molecule is CCCCCCCCCCCCCCCCCCCCCCCC[C@@H](C(=O)O)[C@H](O)CCCCCCCCCCCCCCCCC[C@H]1C[C@H]1CCCCCCCCCCCCCCCC[C@@H](OC)[C@H](C)CCCCCCCCCCCCCCCCCC. The van der Waals surface area contributed by atoms with Crippen LogP contribution < -0.4 is 0 Å². The van der Waals surface area contributed by atoms with Gasteiger partial charge >= 0.3 is 5.97 Å². The van der Waals surface area contributed by atoms with Gasteiger partial charge in [0.2, 0.25) is 0 Å². The molecule has 0 bridgehead atoms. The normalized spacial score (nSPS) is 15.5. The minimum absolute atomic E-state index is 0.470. The molecule has 1 rings (SSSR count). The Bertz CT molecular complexity index is 1330. The van der Waals surface area contributed by atoms with Crippen LogP contribution in [-0.2, 0) is 9.53 Å². The van der Waals surface area contributed by atoms with Crippen molar-refractivity contribution in [1.29, 1.82) is 0 Å². The van der Waals surface area contributed by atoms with E-state index in [0.29, 0.717) is 24.9 Å². The van der Waals surface area contributed by atoms with Crippen molar-refractivity contribution < 1.29 is 19.7 Å². The van der Waals surface area contributed by atoms with E-state index >= 15 is 0 Å². The minimum atomic E-state index is -0.798. The van der Waals surface area contributed by atoms with Gasteiger partial charge in [-0.05, 0) is 49.9 Å². The number of ether oxygens (including phenoxy) is 1. The molecule has 1 aliphatic carbocycles. The lowest BCUT2D eigenvalue weighted by Crippen LogP contribution is -2.28. The van der Waals surface area contributed by atoms with Crippen molar-refractivity contribution in [2.45, 2.75) is 508 Å². The van der Waals surface area contributed by atoms with Crippen LogP contribution in [0.3, 0.4) is 0 Å². The first kappa shape index (κ1) is 86.4. The van der Waals surface area contributed by atoms with Gasteiger partial charge in [0.05, 0.1) is 18.1 Å². The van der Waals surface area contributed by atoms with E-state index in [9.17, 15) is 15.0 Å². The highest BCUT2D eigenvalue weighted by Gasteiger charge is 2.35. The van der Waals surface area contributed by atoms with E-state index in [-0.39, 0.29) is 0 Å². The molecule has 0 saturated heterocycles. The number of aliphatic hydroxyl groups is 1. The van der Waals surface area contributed by atoms with E-state index in [1.807, 2.05) is 7.11 Å². The van der Waals surface area contributed by atoms with Crippen molar-refractivity contribution in [3.05, 3.63) is 0 Å². The van der Waals surface area contributed by atoms with Crippen molar-refractivity contribution in [3.63, 3.8) is 0 Å². The van der Waals surface area contributed by atoms with E-state index in [0.717, 1.165) is 37.5 Å². The molecule has 0 unspecified atom stereocenters. The Morgan fingerprint density at radius 3 is 0.742 bits per heavy atom. The van der Waals surface area contributed by atoms with Crippen LogP contribution in [0, 0.1) is 23.7 Å². The number of unbranched alkanes of at least 4 members (excludes halogenated alkanes) is 63. The number of rotatable bonds is 79. The van der Waals surface area contributed by atoms with Crippen LogP contribution in [0.1, 0.15) is 496 Å². The molecule has 0 aromatic rings. The number of carboxylic acid groups (broad SMARTS) is 1. The Balaban J connectivity index is 1.76. The topological polar surface area (TPSA) is 66.8 Å². The molecular formula is C85H168O4. The van der Waals surface area contributed by atoms with Crippen LogP contribution in [0.25, 0.3) is 0 Å². The largest absolute Gasteiger partial charge is 0.481 e. The highest BCUT2D eigenvalue weighted by Crippen LogP contribution is 2.46. The zero-order chi connectivity index (χ0) is 64.1. The van der Waals surface area contributed by atoms with E-state index in [1.54, 1.807) is 6.42 Å². The van der Waals surface area contributed by atoms with Gasteiger partial charge in [-0.2, -0.15) is 0 Å². The van der Waals surface area contributed by atoms with Crippen LogP contribution in [0.5, 0.6) is 0 Å². The van der Waals surface area contributed by atoms with Gasteiger partial charge in [0.15, 0.2) is 0 Å². The summed E-state index contributed by atoms with van der Waals surface area (Å²) in [6.07, 6.45) is 102. The van der Waals surface area contributed by atoms with Gasteiger partial charge in [-0.3, -0.25) is 4.79 Å². The van der Waals surface area contributed by atoms with Crippen molar-refractivity contribution >= 4 is 5.97 Å². The van der Waals surface area contributed by atoms with Gasteiger partial charge in [-0.1, -0.05) is 464 Å². The van der Waals surface area contributed by atoms with Crippen molar-refractivity contribution in [2.24, 2.45) is 23.7 Å². The molecule has 4 nitrogen and oxygen atoms in total. The molecule has 89 heavy (non-hydrogen) atoms. The van der Waals surface area contributed by atoms with Crippen LogP contribution in [0.4, 0.5) is 0 Å². The van der Waals surface area contributed by atoms with Gasteiger partial charge in [-0.15, -0.1) is 0 Å². The summed E-state index contributed by atoms with van der Waals surface area (Å²) < 4.78 is 5.98. The lowest BCUT2D eigenvalue weighted by atomic mass is 9.91. The number of hydrogen-bond acceptors (Lipinski definition) is 3. The number of methoxy groups -OCH3 is 1. The third kappa shape index (κ3) is 63.2. The molecule has 532 valence electrons. The summed E-state index contributed by atoms with van der Waals surface area (Å²) in [6.45, 7) is 7.06. The molecule has 1 saturated carbocycles. The molecule has 0 radical (unpaired) electrons. The number of aliphatic carboxylic acids is 1. The predicted molar refractivity (Wildman–Crippen MR) is 397 cm³/mol. The van der Waals surface area contributed by atoms with Gasteiger partial charge in [-0.25, -0.2) is 0 Å². The fraction of sp³-hybridized carbons (Fsp3) is 0.988. The van der Waals surface area contributed by atoms with Gasteiger partial charge in [0.25, 0.3) is 0 Å². The van der Waals surface area contributed by atoms with Crippen LogP contribution in [0.15, 0.2) is 0 Å². The lowest BCUT2D eigenvalue weighted by molar-refractivity contribution is -0.146. The number of carboxylic acids is 1. The van der Waals surface area contributed by atoms with E-state index in [2.05, 4.69) is 20.8 Å². The summed E-state index contributed by atoms with van der Waals surface area (Å²) in [5.74, 6) is 1.50. The predicted octanol–water partition coefficient (Wildman–Crippen LogP) is 29.9.